The third-order valence-electron chi connectivity index (χ3n) is 1.99. The number of aliphatic hydroxyl groups excluding tert-OH is 1. The van der Waals surface area contributed by atoms with E-state index in [1.165, 1.54) is 0 Å². The van der Waals surface area contributed by atoms with Crippen LogP contribution in [0.2, 0.25) is 0 Å². The van der Waals surface area contributed by atoms with Crippen molar-refractivity contribution in [1.82, 2.24) is 0 Å². The summed E-state index contributed by atoms with van der Waals surface area (Å²) >= 11 is 0. The lowest BCUT2D eigenvalue weighted by molar-refractivity contribution is -0.0500. The highest BCUT2D eigenvalue weighted by Gasteiger charge is 2.42. The Morgan fingerprint density at radius 3 is 2.83 bits per heavy atom. The standard InChI is InChI=1S/C6H14NO4P/c1-3-5(8)6(11-7)4(10-3)2-9-12/h3-6,8H,2,7,12H2,1H3/t3-,4+,5+,6?/m0/s1. The molecule has 2 unspecified atom stereocenters. The number of aliphatic hydroxyl groups is 1. The number of hydrogen-bond donors (Lipinski definition) is 2. The van der Waals surface area contributed by atoms with Crippen LogP contribution in [0.5, 0.6) is 0 Å². The highest BCUT2D eigenvalue weighted by atomic mass is 31.0. The largest absolute Gasteiger partial charge is 0.388 e. The maximum atomic E-state index is 9.46. The minimum Gasteiger partial charge on any atom is -0.388 e. The molecule has 72 valence electrons. The van der Waals surface area contributed by atoms with Crippen molar-refractivity contribution in [2.75, 3.05) is 6.61 Å². The van der Waals surface area contributed by atoms with Gasteiger partial charge in [0.25, 0.3) is 0 Å². The van der Waals surface area contributed by atoms with E-state index in [1.807, 2.05) is 0 Å². The Bertz CT molecular complexity index is 148. The summed E-state index contributed by atoms with van der Waals surface area (Å²) < 4.78 is 10.1. The minimum absolute atomic E-state index is 0.260. The van der Waals surface area contributed by atoms with Crippen LogP contribution in [0.3, 0.4) is 0 Å². The molecule has 1 rings (SSSR count). The lowest BCUT2D eigenvalue weighted by atomic mass is 10.1. The van der Waals surface area contributed by atoms with Gasteiger partial charge in [0.2, 0.25) is 0 Å². The van der Waals surface area contributed by atoms with Gasteiger partial charge in [-0.15, -0.1) is 0 Å². The molecule has 0 aromatic heterocycles. The molecular formula is C6H14NO4P. The maximum Gasteiger partial charge on any atom is 0.135 e. The van der Waals surface area contributed by atoms with Crippen LogP contribution >= 0.6 is 9.47 Å². The Morgan fingerprint density at radius 1 is 1.67 bits per heavy atom. The zero-order valence-corrected chi connectivity index (χ0v) is 8.00. The van der Waals surface area contributed by atoms with Gasteiger partial charge in [-0.1, -0.05) is 0 Å². The zero-order chi connectivity index (χ0) is 9.14. The van der Waals surface area contributed by atoms with Crippen LogP contribution in [-0.4, -0.2) is 36.1 Å². The van der Waals surface area contributed by atoms with Crippen molar-refractivity contribution in [2.45, 2.75) is 31.3 Å². The summed E-state index contributed by atoms with van der Waals surface area (Å²) in [6, 6.07) is 0. The van der Waals surface area contributed by atoms with Gasteiger partial charge in [0.05, 0.1) is 12.7 Å². The molecule has 1 fully saturated rings. The van der Waals surface area contributed by atoms with E-state index in [9.17, 15) is 5.11 Å². The monoisotopic (exact) mass is 195 g/mol. The Hall–Kier alpha value is 0.230. The van der Waals surface area contributed by atoms with Crippen LogP contribution in [-0.2, 0) is 14.1 Å². The predicted octanol–water partition coefficient (Wildman–Crippen LogP) is -0.800. The first-order valence-electron chi connectivity index (χ1n) is 3.71. The fourth-order valence-corrected chi connectivity index (χ4v) is 1.51. The smallest absolute Gasteiger partial charge is 0.135 e. The molecule has 1 heterocycles. The van der Waals surface area contributed by atoms with Crippen molar-refractivity contribution in [3.8, 4) is 0 Å². The van der Waals surface area contributed by atoms with Gasteiger partial charge in [-0.2, -0.15) is 0 Å². The molecule has 6 heteroatoms. The van der Waals surface area contributed by atoms with Crippen molar-refractivity contribution in [3.63, 3.8) is 0 Å². The molecule has 0 radical (unpaired) electrons. The maximum absolute atomic E-state index is 9.46. The molecule has 0 amide bonds. The van der Waals surface area contributed by atoms with Crippen LogP contribution in [0, 0.1) is 0 Å². The normalized spacial score (nSPS) is 42.0. The number of hydrogen-bond acceptors (Lipinski definition) is 5. The molecule has 0 bridgehead atoms. The van der Waals surface area contributed by atoms with Gasteiger partial charge in [-0.05, 0) is 6.92 Å². The van der Waals surface area contributed by atoms with Gasteiger partial charge >= 0.3 is 0 Å². The SMILES string of the molecule is C[C@@H]1O[C@H](COP)C(ON)[C@@H]1O. The molecule has 5 nitrogen and oxygen atoms in total. The molecule has 5 atom stereocenters. The van der Waals surface area contributed by atoms with E-state index in [0.29, 0.717) is 6.61 Å². The van der Waals surface area contributed by atoms with Crippen molar-refractivity contribution in [2.24, 2.45) is 5.90 Å². The van der Waals surface area contributed by atoms with E-state index in [1.54, 1.807) is 6.92 Å². The van der Waals surface area contributed by atoms with Crippen molar-refractivity contribution in [3.05, 3.63) is 0 Å². The van der Waals surface area contributed by atoms with Gasteiger partial charge in [-0.3, -0.25) is 4.84 Å². The fourth-order valence-electron chi connectivity index (χ4n) is 1.32. The summed E-state index contributed by atoms with van der Waals surface area (Å²) in [5, 5.41) is 9.46. The predicted molar refractivity (Wildman–Crippen MR) is 45.1 cm³/mol. The summed E-state index contributed by atoms with van der Waals surface area (Å²) in [4.78, 5) is 4.59. The van der Waals surface area contributed by atoms with E-state index in [0.717, 1.165) is 0 Å². The van der Waals surface area contributed by atoms with E-state index in [4.69, 9.17) is 15.2 Å². The van der Waals surface area contributed by atoms with E-state index in [-0.39, 0.29) is 12.2 Å². The average molecular weight is 195 g/mol. The van der Waals surface area contributed by atoms with Crippen LogP contribution in [0.1, 0.15) is 6.92 Å². The molecule has 0 aromatic carbocycles. The molecule has 0 aliphatic carbocycles. The van der Waals surface area contributed by atoms with Gasteiger partial charge in [0.15, 0.2) is 0 Å². The van der Waals surface area contributed by atoms with Gasteiger partial charge in [0, 0.05) is 9.47 Å². The second-order valence-electron chi connectivity index (χ2n) is 2.80. The first-order valence-corrected chi connectivity index (χ1v) is 4.18. The number of nitrogens with two attached hydrogens (primary N) is 1. The van der Waals surface area contributed by atoms with E-state index in [2.05, 4.69) is 14.3 Å². The van der Waals surface area contributed by atoms with E-state index >= 15 is 0 Å². The molecule has 0 aromatic rings. The lowest BCUT2D eigenvalue weighted by Gasteiger charge is -2.16. The summed E-state index contributed by atoms with van der Waals surface area (Å²) in [5.41, 5.74) is 0. The zero-order valence-electron chi connectivity index (χ0n) is 6.84. The summed E-state index contributed by atoms with van der Waals surface area (Å²) in [6.07, 6.45) is -1.73. The Labute approximate surface area is 73.4 Å². The minimum atomic E-state index is -0.680. The molecule has 0 saturated carbocycles. The van der Waals surface area contributed by atoms with Gasteiger partial charge in [-0.25, -0.2) is 5.90 Å². The highest BCUT2D eigenvalue weighted by Crippen LogP contribution is 2.23. The molecule has 1 aliphatic rings. The Morgan fingerprint density at radius 2 is 2.33 bits per heavy atom. The van der Waals surface area contributed by atoms with Gasteiger partial charge in [0.1, 0.15) is 18.3 Å². The van der Waals surface area contributed by atoms with Crippen molar-refractivity contribution in [1.29, 1.82) is 0 Å². The third kappa shape index (κ3) is 1.93. The summed E-state index contributed by atoms with van der Waals surface area (Å²) in [6.45, 7) is 2.10. The molecule has 1 aliphatic heterocycles. The van der Waals surface area contributed by atoms with Crippen LogP contribution in [0.4, 0.5) is 0 Å². The fraction of sp³-hybridized carbons (Fsp3) is 1.00. The molecule has 0 spiro atoms. The van der Waals surface area contributed by atoms with Crippen molar-refractivity contribution < 1.29 is 19.2 Å². The molecule has 3 N–H and O–H groups in total. The summed E-state index contributed by atoms with van der Waals surface area (Å²) in [5.74, 6) is 5.00. The Balaban J connectivity index is 2.52. The second kappa shape index (κ2) is 4.46. The quantitative estimate of drug-likeness (QED) is 0.455. The van der Waals surface area contributed by atoms with Crippen LogP contribution < -0.4 is 5.90 Å². The Kier molecular flexibility index (Phi) is 3.83. The third-order valence-corrected chi connectivity index (χ3v) is 2.18. The first-order chi connectivity index (χ1) is 5.70. The highest BCUT2D eigenvalue weighted by molar-refractivity contribution is 7.09. The summed E-state index contributed by atoms with van der Waals surface area (Å²) in [7, 11) is 2.11. The lowest BCUT2D eigenvalue weighted by Crippen LogP contribution is -2.38. The number of ether oxygens (including phenoxy) is 1. The topological polar surface area (TPSA) is 73.9 Å². The average Bonchev–Trinajstić information content (AvgIpc) is 2.29. The molecule has 12 heavy (non-hydrogen) atoms. The molecule has 1 saturated heterocycles. The van der Waals surface area contributed by atoms with Crippen LogP contribution in [0.15, 0.2) is 0 Å². The van der Waals surface area contributed by atoms with Crippen LogP contribution in [0.25, 0.3) is 0 Å². The van der Waals surface area contributed by atoms with E-state index < -0.39 is 12.2 Å². The molecular weight excluding hydrogens is 181 g/mol. The first kappa shape index (κ1) is 10.3. The van der Waals surface area contributed by atoms with Crippen molar-refractivity contribution >= 4 is 9.47 Å². The second-order valence-corrected chi connectivity index (χ2v) is 3.14. The van der Waals surface area contributed by atoms with Gasteiger partial charge < -0.3 is 14.4 Å². The number of rotatable bonds is 3.